The Morgan fingerprint density at radius 1 is 1.53 bits per heavy atom. The summed E-state index contributed by atoms with van der Waals surface area (Å²) in [5.74, 6) is 0.957. The molecule has 17 heavy (non-hydrogen) atoms. The molecule has 0 aromatic heterocycles. The second kappa shape index (κ2) is 3.20. The smallest absolute Gasteiger partial charge is 0.182 e. The molecule has 0 spiro atoms. The van der Waals surface area contributed by atoms with Gasteiger partial charge < -0.3 is 5.11 Å². The minimum atomic E-state index is -0.211. The van der Waals surface area contributed by atoms with Crippen molar-refractivity contribution in [3.63, 3.8) is 0 Å². The zero-order valence-electron chi connectivity index (χ0n) is 10.4. The standard InChI is InChI=1S/C15H18O2/c1-8-4-10-5-11-6-13(17)9(2)15(11,3)14(10)12(8)7-16/h6,10,14,16H,2,4-5,7H2,1,3H3/t10-,14+,15-/m1/s1. The average molecular weight is 230 g/mol. The quantitative estimate of drug-likeness (QED) is 0.555. The van der Waals surface area contributed by atoms with Crippen LogP contribution in [0.4, 0.5) is 0 Å². The van der Waals surface area contributed by atoms with Crippen molar-refractivity contribution >= 4 is 5.78 Å². The molecule has 1 N–H and O–H groups in total. The minimum absolute atomic E-state index is 0.0859. The van der Waals surface area contributed by atoms with Gasteiger partial charge in [0.25, 0.3) is 0 Å². The predicted octanol–water partition coefficient (Wildman–Crippen LogP) is 2.41. The molecule has 1 saturated carbocycles. The fraction of sp³-hybridized carbons (Fsp3) is 0.533. The van der Waals surface area contributed by atoms with Gasteiger partial charge in [-0.25, -0.2) is 0 Å². The Morgan fingerprint density at radius 2 is 2.24 bits per heavy atom. The molecule has 0 saturated heterocycles. The number of ketones is 1. The van der Waals surface area contributed by atoms with E-state index in [1.54, 1.807) is 6.08 Å². The van der Waals surface area contributed by atoms with Gasteiger partial charge >= 0.3 is 0 Å². The number of aliphatic hydroxyl groups excluding tert-OH is 1. The van der Waals surface area contributed by atoms with E-state index in [-0.39, 0.29) is 17.8 Å². The van der Waals surface area contributed by atoms with Crippen LogP contribution >= 0.6 is 0 Å². The lowest BCUT2D eigenvalue weighted by Gasteiger charge is -2.32. The second-order valence-electron chi connectivity index (χ2n) is 5.82. The Balaban J connectivity index is 2.13. The highest BCUT2D eigenvalue weighted by Crippen LogP contribution is 2.64. The van der Waals surface area contributed by atoms with Gasteiger partial charge in [-0.15, -0.1) is 0 Å². The molecule has 0 bridgehead atoms. The van der Waals surface area contributed by atoms with Gasteiger partial charge in [0, 0.05) is 11.0 Å². The van der Waals surface area contributed by atoms with Crippen molar-refractivity contribution in [1.29, 1.82) is 0 Å². The van der Waals surface area contributed by atoms with Crippen LogP contribution in [-0.4, -0.2) is 17.5 Å². The van der Waals surface area contributed by atoms with Crippen molar-refractivity contribution in [2.24, 2.45) is 17.3 Å². The number of hydrogen-bond acceptors (Lipinski definition) is 2. The van der Waals surface area contributed by atoms with Crippen molar-refractivity contribution < 1.29 is 9.90 Å². The Bertz CT molecular complexity index is 495. The maximum atomic E-state index is 11.8. The van der Waals surface area contributed by atoms with E-state index >= 15 is 0 Å². The van der Waals surface area contributed by atoms with Crippen LogP contribution in [0.1, 0.15) is 26.7 Å². The lowest BCUT2D eigenvalue weighted by Crippen LogP contribution is -2.28. The van der Waals surface area contributed by atoms with E-state index in [0.29, 0.717) is 11.8 Å². The Labute approximate surface area is 102 Å². The molecule has 0 amide bonds. The predicted molar refractivity (Wildman–Crippen MR) is 66.3 cm³/mol. The first-order valence-electron chi connectivity index (χ1n) is 6.24. The van der Waals surface area contributed by atoms with Gasteiger partial charge in [-0.1, -0.05) is 24.6 Å². The maximum Gasteiger partial charge on any atom is 0.182 e. The average Bonchev–Trinajstić information content (AvgIpc) is 2.80. The van der Waals surface area contributed by atoms with E-state index < -0.39 is 0 Å². The SMILES string of the molecule is C=C1C(=O)C=C2C[C@H]3CC(C)=C(CO)[C@H]3[C@]12C. The van der Waals surface area contributed by atoms with Crippen LogP contribution in [0.25, 0.3) is 0 Å². The molecule has 0 aromatic carbocycles. The summed E-state index contributed by atoms with van der Waals surface area (Å²) in [4.78, 5) is 11.8. The van der Waals surface area contributed by atoms with Crippen LogP contribution in [0.15, 0.2) is 34.9 Å². The summed E-state index contributed by atoms with van der Waals surface area (Å²) in [5.41, 5.74) is 4.21. The van der Waals surface area contributed by atoms with E-state index in [1.807, 2.05) is 0 Å². The first-order chi connectivity index (χ1) is 8.00. The molecule has 90 valence electrons. The third kappa shape index (κ3) is 1.12. The number of hydrogen-bond donors (Lipinski definition) is 1. The number of fused-ring (bicyclic) bond motifs is 3. The molecule has 0 aliphatic heterocycles. The van der Waals surface area contributed by atoms with E-state index in [2.05, 4.69) is 20.4 Å². The van der Waals surface area contributed by atoms with Gasteiger partial charge in [0.05, 0.1) is 6.61 Å². The zero-order chi connectivity index (χ0) is 12.4. The van der Waals surface area contributed by atoms with Crippen LogP contribution in [0.2, 0.25) is 0 Å². The topological polar surface area (TPSA) is 37.3 Å². The summed E-state index contributed by atoms with van der Waals surface area (Å²) in [6.45, 7) is 8.36. The molecule has 0 aromatic rings. The summed E-state index contributed by atoms with van der Waals surface area (Å²) >= 11 is 0. The molecular formula is C15H18O2. The van der Waals surface area contributed by atoms with Crippen molar-refractivity contribution in [1.82, 2.24) is 0 Å². The molecule has 2 heteroatoms. The monoisotopic (exact) mass is 230 g/mol. The van der Waals surface area contributed by atoms with Gasteiger partial charge in [0.15, 0.2) is 5.78 Å². The van der Waals surface area contributed by atoms with Gasteiger partial charge in [0.2, 0.25) is 0 Å². The summed E-state index contributed by atoms with van der Waals surface area (Å²) in [6.07, 6.45) is 3.84. The molecule has 3 aliphatic rings. The highest BCUT2D eigenvalue weighted by Gasteiger charge is 2.57. The van der Waals surface area contributed by atoms with Gasteiger partial charge in [0.1, 0.15) is 0 Å². The fourth-order valence-electron chi connectivity index (χ4n) is 4.22. The van der Waals surface area contributed by atoms with Crippen LogP contribution < -0.4 is 0 Å². The molecule has 1 fully saturated rings. The Kier molecular flexibility index (Phi) is 2.06. The van der Waals surface area contributed by atoms with Crippen LogP contribution in [0, 0.1) is 17.3 Å². The zero-order valence-corrected chi connectivity index (χ0v) is 10.4. The maximum absolute atomic E-state index is 11.8. The first kappa shape index (κ1) is 11.0. The molecule has 0 unspecified atom stereocenters. The molecule has 0 radical (unpaired) electrons. The molecule has 0 heterocycles. The summed E-state index contributed by atoms with van der Waals surface area (Å²) in [7, 11) is 0. The van der Waals surface area contributed by atoms with Crippen molar-refractivity contribution in [2.75, 3.05) is 6.61 Å². The van der Waals surface area contributed by atoms with E-state index in [9.17, 15) is 9.90 Å². The second-order valence-corrected chi connectivity index (χ2v) is 5.82. The molecule has 3 aliphatic carbocycles. The number of aliphatic hydroxyl groups is 1. The Morgan fingerprint density at radius 3 is 2.88 bits per heavy atom. The lowest BCUT2D eigenvalue weighted by molar-refractivity contribution is -0.111. The highest BCUT2D eigenvalue weighted by molar-refractivity contribution is 6.09. The van der Waals surface area contributed by atoms with Crippen molar-refractivity contribution in [2.45, 2.75) is 26.7 Å². The third-order valence-corrected chi connectivity index (χ3v) is 5.13. The normalized spacial score (nSPS) is 39.8. The number of carbonyl (C=O) groups excluding carboxylic acids is 1. The van der Waals surface area contributed by atoms with Crippen LogP contribution in [0.3, 0.4) is 0 Å². The van der Waals surface area contributed by atoms with Crippen LogP contribution in [-0.2, 0) is 4.79 Å². The summed E-state index contributed by atoms with van der Waals surface area (Å²) < 4.78 is 0. The van der Waals surface area contributed by atoms with Crippen molar-refractivity contribution in [3.05, 3.63) is 34.9 Å². The highest BCUT2D eigenvalue weighted by atomic mass is 16.3. The number of allylic oxidation sites excluding steroid dienone is 4. The molecule has 3 rings (SSSR count). The van der Waals surface area contributed by atoms with E-state index in [0.717, 1.165) is 24.0 Å². The van der Waals surface area contributed by atoms with Gasteiger partial charge in [-0.3, -0.25) is 4.79 Å². The van der Waals surface area contributed by atoms with E-state index in [4.69, 9.17) is 0 Å². The Hall–Kier alpha value is -1.15. The van der Waals surface area contributed by atoms with Gasteiger partial charge in [-0.2, -0.15) is 0 Å². The fourth-order valence-corrected chi connectivity index (χ4v) is 4.22. The third-order valence-electron chi connectivity index (χ3n) is 5.13. The first-order valence-corrected chi connectivity index (χ1v) is 6.24. The summed E-state index contributed by atoms with van der Waals surface area (Å²) in [5, 5.41) is 9.58. The summed E-state index contributed by atoms with van der Waals surface area (Å²) in [6, 6.07) is 0. The molecule has 3 atom stereocenters. The molecule has 2 nitrogen and oxygen atoms in total. The number of rotatable bonds is 1. The van der Waals surface area contributed by atoms with Crippen molar-refractivity contribution in [3.8, 4) is 0 Å². The number of carbonyl (C=O) groups is 1. The van der Waals surface area contributed by atoms with Gasteiger partial charge in [-0.05, 0) is 43.3 Å². The van der Waals surface area contributed by atoms with Crippen LogP contribution in [0.5, 0.6) is 0 Å². The molecular weight excluding hydrogens is 212 g/mol. The minimum Gasteiger partial charge on any atom is -0.392 e. The van der Waals surface area contributed by atoms with E-state index in [1.165, 1.54) is 11.1 Å². The lowest BCUT2D eigenvalue weighted by atomic mass is 9.71. The largest absolute Gasteiger partial charge is 0.392 e.